The van der Waals surface area contributed by atoms with Gasteiger partial charge in [0, 0.05) is 0 Å². The normalized spacial score (nSPS) is 15.6. The zero-order chi connectivity index (χ0) is 16.9. The maximum Gasteiger partial charge on any atom is 0.158 e. The van der Waals surface area contributed by atoms with Gasteiger partial charge in [-0.15, -0.1) is 6.58 Å². The minimum Gasteiger partial charge on any atom is -0.461 e. The molecule has 0 atom stereocenters. The van der Waals surface area contributed by atoms with E-state index in [1.54, 1.807) is 6.11 Å². The van der Waals surface area contributed by atoms with Crippen LogP contribution in [0.1, 0.15) is 44.9 Å². The van der Waals surface area contributed by atoms with Gasteiger partial charge in [0.1, 0.15) is 6.11 Å². The van der Waals surface area contributed by atoms with Gasteiger partial charge in [-0.05, 0) is 33.0 Å². The average Bonchev–Trinajstić information content (AvgIpc) is 3.25. The van der Waals surface area contributed by atoms with Gasteiger partial charge in [-0.1, -0.05) is 38.2 Å². The summed E-state index contributed by atoms with van der Waals surface area (Å²) in [5, 5.41) is 25.3. The monoisotopic (exact) mass is 316 g/mol. The van der Waals surface area contributed by atoms with Crippen LogP contribution in [0.15, 0.2) is 12.7 Å². The molecule has 0 spiro atoms. The molecule has 0 bridgehead atoms. The van der Waals surface area contributed by atoms with Crippen LogP contribution in [0.5, 0.6) is 0 Å². The summed E-state index contributed by atoms with van der Waals surface area (Å²) in [5.41, 5.74) is 0. The van der Waals surface area contributed by atoms with Gasteiger partial charge in [-0.3, -0.25) is 0 Å². The Balaban J connectivity index is 0. The molecule has 1 aliphatic heterocycles. The van der Waals surface area contributed by atoms with E-state index in [1.165, 1.54) is 64.1 Å². The van der Waals surface area contributed by atoms with E-state index in [1.807, 2.05) is 6.04 Å². The molecule has 22 heavy (non-hydrogen) atoms. The highest BCUT2D eigenvalue weighted by atomic mass is 17.1. The fourth-order valence-electron chi connectivity index (χ4n) is 1.87. The van der Waals surface area contributed by atoms with E-state index in [2.05, 4.69) is 28.7 Å². The molecule has 130 valence electrons. The van der Waals surface area contributed by atoms with Crippen LogP contribution in [0.25, 0.3) is 0 Å². The number of likely N-dealkylation sites (tertiary alicyclic amines) is 1. The molecule has 0 aromatic heterocycles. The van der Waals surface area contributed by atoms with Gasteiger partial charge in [-0.2, -0.15) is 0 Å². The van der Waals surface area contributed by atoms with Crippen molar-refractivity contribution in [2.24, 2.45) is 0 Å². The lowest BCUT2D eigenvalue weighted by atomic mass is 10.4. The quantitative estimate of drug-likeness (QED) is 0.121. The topological polar surface area (TPSA) is 85.2 Å². The van der Waals surface area contributed by atoms with Crippen molar-refractivity contribution >= 4 is 0 Å². The zero-order valence-corrected chi connectivity index (χ0v) is 13.8. The standard InChI is InChI=1S/C5H11N.C5H10.C3H5NO3.C3H6O/c1-6-4-2-3-5-6;1-2-4-5-3-1;5-2-1-4-3-7-6;1-2-3-4/h2-5H2,1H3;1-5H2;4-6H,3H2;2,4H,1,3H2. The van der Waals surface area contributed by atoms with E-state index in [0.717, 1.165) is 0 Å². The molecule has 0 radical (unpaired) electrons. The maximum absolute atomic E-state index is 7.76. The first-order valence-electron chi connectivity index (χ1n) is 7.76. The third-order valence-corrected chi connectivity index (χ3v) is 2.99. The number of hydrogen-bond donors (Lipinski definition) is 4. The Morgan fingerprint density at radius 3 is 1.82 bits per heavy atom. The van der Waals surface area contributed by atoms with Gasteiger partial charge < -0.3 is 20.4 Å². The molecule has 1 saturated heterocycles. The summed E-state index contributed by atoms with van der Waals surface area (Å²) in [5.74, 6) is 0. The van der Waals surface area contributed by atoms with Crippen molar-refractivity contribution in [3.05, 3.63) is 12.7 Å². The van der Waals surface area contributed by atoms with E-state index >= 15 is 0 Å². The van der Waals surface area contributed by atoms with Crippen molar-refractivity contribution in [1.29, 1.82) is 0 Å². The van der Waals surface area contributed by atoms with Crippen molar-refractivity contribution in [2.75, 3.05) is 33.5 Å². The molecule has 0 aromatic rings. The van der Waals surface area contributed by atoms with Crippen LogP contribution in [0.3, 0.4) is 0 Å². The fourth-order valence-corrected chi connectivity index (χ4v) is 1.87. The predicted molar refractivity (Wildman–Crippen MR) is 88.5 cm³/mol. The van der Waals surface area contributed by atoms with Gasteiger partial charge in [0.05, 0.1) is 12.7 Å². The van der Waals surface area contributed by atoms with Crippen LogP contribution >= 0.6 is 0 Å². The Morgan fingerprint density at radius 2 is 1.59 bits per heavy atom. The molecular weight excluding hydrogens is 284 g/mol. The lowest BCUT2D eigenvalue weighted by molar-refractivity contribution is -0.245. The van der Waals surface area contributed by atoms with Crippen LogP contribution in [0, 0.1) is 12.2 Å². The summed E-state index contributed by atoms with van der Waals surface area (Å²) in [4.78, 5) is 5.88. The first kappa shape index (κ1) is 23.0. The number of aliphatic hydroxyl groups excluding tert-OH is 2. The molecule has 2 aliphatic rings. The highest BCUT2D eigenvalue weighted by Gasteiger charge is 2.03. The minimum absolute atomic E-state index is 0.0833. The van der Waals surface area contributed by atoms with Crippen LogP contribution < -0.4 is 5.32 Å². The Morgan fingerprint density at radius 1 is 1.14 bits per heavy atom. The SMILES string of the molecule is C1CCCC1.C=CCO.CN1CCCC1.OC#CNCOO. The first-order valence-corrected chi connectivity index (χ1v) is 7.76. The molecule has 2 fully saturated rings. The van der Waals surface area contributed by atoms with Crippen LogP contribution in [0.2, 0.25) is 0 Å². The van der Waals surface area contributed by atoms with Crippen molar-refractivity contribution in [1.82, 2.24) is 10.2 Å². The second-order valence-corrected chi connectivity index (χ2v) is 4.94. The van der Waals surface area contributed by atoms with E-state index in [4.69, 9.17) is 15.5 Å². The second kappa shape index (κ2) is 22.0. The Bertz CT molecular complexity index is 259. The Labute approximate surface area is 134 Å². The van der Waals surface area contributed by atoms with Crippen LogP contribution in [-0.2, 0) is 4.89 Å². The summed E-state index contributed by atoms with van der Waals surface area (Å²) in [7, 11) is 2.17. The third kappa shape index (κ3) is 23.8. The van der Waals surface area contributed by atoms with Crippen molar-refractivity contribution in [3.63, 3.8) is 0 Å². The number of rotatable bonds is 3. The molecule has 6 heteroatoms. The zero-order valence-electron chi connectivity index (χ0n) is 13.8. The highest BCUT2D eigenvalue weighted by Crippen LogP contribution is 2.15. The molecule has 4 N–H and O–H groups in total. The van der Waals surface area contributed by atoms with E-state index in [0.29, 0.717) is 0 Å². The average molecular weight is 316 g/mol. The summed E-state index contributed by atoms with van der Waals surface area (Å²) in [6.07, 6.45) is 13.3. The van der Waals surface area contributed by atoms with E-state index in [9.17, 15) is 0 Å². The summed E-state index contributed by atoms with van der Waals surface area (Å²) < 4.78 is 0. The highest BCUT2D eigenvalue weighted by molar-refractivity contribution is 4.84. The number of nitrogens with zero attached hydrogens (tertiary/aromatic N) is 1. The van der Waals surface area contributed by atoms with Gasteiger partial charge in [0.25, 0.3) is 0 Å². The molecule has 0 unspecified atom stereocenters. The van der Waals surface area contributed by atoms with E-state index < -0.39 is 0 Å². The summed E-state index contributed by atoms with van der Waals surface area (Å²) in [6, 6.07) is 2.02. The van der Waals surface area contributed by atoms with Gasteiger partial charge in [0.2, 0.25) is 0 Å². The molecular formula is C16H32N2O4. The van der Waals surface area contributed by atoms with Crippen LogP contribution in [-0.4, -0.2) is 53.8 Å². The summed E-state index contributed by atoms with van der Waals surface area (Å²) in [6.45, 7) is 5.85. The molecule has 6 nitrogen and oxygen atoms in total. The second-order valence-electron chi connectivity index (χ2n) is 4.94. The number of nitrogens with one attached hydrogen (secondary N) is 1. The van der Waals surface area contributed by atoms with Gasteiger partial charge in [-0.25, -0.2) is 10.1 Å². The summed E-state index contributed by atoms with van der Waals surface area (Å²) >= 11 is 0. The smallest absolute Gasteiger partial charge is 0.158 e. The van der Waals surface area contributed by atoms with Gasteiger partial charge in [0.15, 0.2) is 6.73 Å². The molecule has 2 rings (SSSR count). The predicted octanol–water partition coefficient (Wildman–Crippen LogP) is 2.14. The van der Waals surface area contributed by atoms with Crippen molar-refractivity contribution in [2.45, 2.75) is 44.9 Å². The number of aliphatic hydroxyl groups is 2. The van der Waals surface area contributed by atoms with Crippen LogP contribution in [0.4, 0.5) is 0 Å². The molecule has 1 aliphatic carbocycles. The molecule has 1 heterocycles. The Kier molecular flexibility index (Phi) is 23.0. The largest absolute Gasteiger partial charge is 0.461 e. The lowest BCUT2D eigenvalue weighted by Crippen LogP contribution is -2.10. The third-order valence-electron chi connectivity index (χ3n) is 2.99. The van der Waals surface area contributed by atoms with Gasteiger partial charge >= 0.3 is 0 Å². The minimum atomic E-state index is -0.104. The van der Waals surface area contributed by atoms with Crippen molar-refractivity contribution < 1.29 is 20.4 Å². The molecule has 0 amide bonds. The van der Waals surface area contributed by atoms with E-state index in [-0.39, 0.29) is 13.3 Å². The Hall–Kier alpha value is -1.26. The molecule has 1 saturated carbocycles. The number of hydrogen-bond acceptors (Lipinski definition) is 6. The first-order chi connectivity index (χ1) is 10.7. The molecule has 0 aromatic carbocycles. The fraction of sp³-hybridized carbons (Fsp3) is 0.750. The van der Waals surface area contributed by atoms with Crippen molar-refractivity contribution in [3.8, 4) is 12.2 Å². The lowest BCUT2D eigenvalue weighted by Gasteiger charge is -2.01. The maximum atomic E-state index is 7.76.